The molecule has 0 radical (unpaired) electrons. The van der Waals surface area contributed by atoms with E-state index in [1.807, 2.05) is 43.5 Å². The van der Waals surface area contributed by atoms with E-state index < -0.39 is 6.23 Å². The van der Waals surface area contributed by atoms with Crippen LogP contribution in [0.3, 0.4) is 0 Å². The third kappa shape index (κ3) is 6.16. The van der Waals surface area contributed by atoms with Crippen LogP contribution in [0.15, 0.2) is 83.6 Å². The second-order valence-corrected chi connectivity index (χ2v) is 7.66. The number of nitrogens with one attached hydrogen (secondary N) is 1. The molecule has 0 fully saturated rings. The van der Waals surface area contributed by atoms with Crippen LogP contribution in [0.25, 0.3) is 0 Å². The number of hydrogen-bond donors (Lipinski definition) is 3. The summed E-state index contributed by atoms with van der Waals surface area (Å²) in [4.78, 5) is 8.78. The highest BCUT2D eigenvalue weighted by Gasteiger charge is 2.28. The molecule has 3 rings (SSSR count). The smallest absolute Gasteiger partial charge is 0.200 e. The lowest BCUT2D eigenvalue weighted by molar-refractivity contribution is 0.0382. The van der Waals surface area contributed by atoms with Crippen molar-refractivity contribution in [2.45, 2.75) is 31.7 Å². The topological polar surface area (TPSA) is 71.3 Å². The molecular weight excluding hydrogens is 376 g/mol. The van der Waals surface area contributed by atoms with Crippen molar-refractivity contribution in [2.75, 3.05) is 26.7 Å². The molecule has 1 unspecified atom stereocenters. The second kappa shape index (κ2) is 10.9. The van der Waals surface area contributed by atoms with Gasteiger partial charge in [0.25, 0.3) is 0 Å². The van der Waals surface area contributed by atoms with Gasteiger partial charge in [0.05, 0.1) is 12.6 Å². The lowest BCUT2D eigenvalue weighted by Crippen LogP contribution is -2.51. The predicted molar refractivity (Wildman–Crippen MR) is 122 cm³/mol. The van der Waals surface area contributed by atoms with E-state index in [9.17, 15) is 10.2 Å². The van der Waals surface area contributed by atoms with Gasteiger partial charge in [-0.05, 0) is 17.6 Å². The molecule has 1 aliphatic heterocycles. The van der Waals surface area contributed by atoms with Crippen LogP contribution in [0.2, 0.25) is 0 Å². The van der Waals surface area contributed by atoms with Crippen molar-refractivity contribution in [2.24, 2.45) is 4.99 Å². The SMILES string of the molecule is C=C(NC1=N[C@@H](CN(CCO)Cc2ccccc2)CC(O)N1C)C1=CCC=CC=C1. The fraction of sp³-hybridized carbons (Fsp3) is 0.375. The summed E-state index contributed by atoms with van der Waals surface area (Å²) in [5.74, 6) is 0.610. The molecule has 6 nitrogen and oxygen atoms in total. The molecular formula is C24H32N4O2. The average molecular weight is 409 g/mol. The molecule has 2 aliphatic rings. The first-order valence-corrected chi connectivity index (χ1v) is 10.4. The van der Waals surface area contributed by atoms with E-state index in [0.717, 1.165) is 24.2 Å². The van der Waals surface area contributed by atoms with E-state index in [2.05, 4.69) is 41.1 Å². The molecule has 1 aromatic rings. The Morgan fingerprint density at radius 3 is 2.87 bits per heavy atom. The fourth-order valence-electron chi connectivity index (χ4n) is 3.62. The first-order valence-electron chi connectivity index (χ1n) is 10.4. The van der Waals surface area contributed by atoms with Gasteiger partial charge >= 0.3 is 0 Å². The Labute approximate surface area is 179 Å². The van der Waals surface area contributed by atoms with E-state index >= 15 is 0 Å². The third-order valence-electron chi connectivity index (χ3n) is 5.31. The monoisotopic (exact) mass is 408 g/mol. The van der Waals surface area contributed by atoms with Gasteiger partial charge in [-0.3, -0.25) is 4.90 Å². The zero-order valence-electron chi connectivity index (χ0n) is 17.6. The third-order valence-corrected chi connectivity index (χ3v) is 5.31. The molecule has 1 heterocycles. The number of hydrogen-bond acceptors (Lipinski definition) is 6. The van der Waals surface area contributed by atoms with Crippen LogP contribution in [0, 0.1) is 0 Å². The summed E-state index contributed by atoms with van der Waals surface area (Å²) in [6.07, 6.45) is 11.0. The summed E-state index contributed by atoms with van der Waals surface area (Å²) in [6.45, 7) is 6.19. The molecule has 0 bridgehead atoms. The number of aliphatic hydroxyl groups is 2. The maximum Gasteiger partial charge on any atom is 0.200 e. The molecule has 3 N–H and O–H groups in total. The van der Waals surface area contributed by atoms with Crippen LogP contribution in [0.5, 0.6) is 0 Å². The van der Waals surface area contributed by atoms with E-state index in [4.69, 9.17) is 4.99 Å². The molecule has 0 saturated carbocycles. The fourth-order valence-corrected chi connectivity index (χ4v) is 3.62. The van der Waals surface area contributed by atoms with E-state index in [0.29, 0.717) is 25.5 Å². The van der Waals surface area contributed by atoms with Crippen molar-refractivity contribution in [1.82, 2.24) is 15.1 Å². The summed E-state index contributed by atoms with van der Waals surface area (Å²) in [5, 5.41) is 23.4. The number of benzene rings is 1. The van der Waals surface area contributed by atoms with Crippen LogP contribution in [-0.4, -0.2) is 65.0 Å². The average Bonchev–Trinajstić information content (AvgIpc) is 3.02. The van der Waals surface area contributed by atoms with Crippen LogP contribution in [0.4, 0.5) is 0 Å². The number of aliphatic hydroxyl groups excluding tert-OH is 2. The van der Waals surface area contributed by atoms with Crippen LogP contribution in [-0.2, 0) is 6.54 Å². The Morgan fingerprint density at radius 2 is 2.10 bits per heavy atom. The van der Waals surface area contributed by atoms with Crippen molar-refractivity contribution in [3.63, 3.8) is 0 Å². The van der Waals surface area contributed by atoms with Gasteiger partial charge in [0.1, 0.15) is 6.23 Å². The minimum Gasteiger partial charge on any atom is -0.395 e. The van der Waals surface area contributed by atoms with Gasteiger partial charge < -0.3 is 20.4 Å². The van der Waals surface area contributed by atoms with Crippen LogP contribution in [0.1, 0.15) is 18.4 Å². The molecule has 1 aliphatic carbocycles. The minimum absolute atomic E-state index is 0.0814. The lowest BCUT2D eigenvalue weighted by Gasteiger charge is -2.36. The molecule has 0 aromatic heterocycles. The van der Waals surface area contributed by atoms with Crippen molar-refractivity contribution in [3.05, 3.63) is 84.1 Å². The molecule has 2 atom stereocenters. The lowest BCUT2D eigenvalue weighted by atomic mass is 10.1. The molecule has 160 valence electrons. The van der Waals surface area contributed by atoms with Crippen molar-refractivity contribution in [3.8, 4) is 0 Å². The normalized spacial score (nSPS) is 21.3. The van der Waals surface area contributed by atoms with E-state index in [-0.39, 0.29) is 12.6 Å². The molecule has 0 amide bonds. The highest BCUT2D eigenvalue weighted by Crippen LogP contribution is 2.18. The number of nitrogens with zero attached hydrogens (tertiary/aromatic N) is 3. The molecule has 0 spiro atoms. The van der Waals surface area contributed by atoms with E-state index in [1.54, 1.807) is 4.90 Å². The Morgan fingerprint density at radius 1 is 1.30 bits per heavy atom. The van der Waals surface area contributed by atoms with Crippen molar-refractivity contribution < 1.29 is 10.2 Å². The summed E-state index contributed by atoms with van der Waals surface area (Å²) >= 11 is 0. The Hall–Kier alpha value is -2.67. The zero-order valence-corrected chi connectivity index (χ0v) is 17.6. The van der Waals surface area contributed by atoms with Gasteiger partial charge in [0, 0.05) is 38.8 Å². The number of guanidine groups is 1. The standard InChI is InChI=1S/C24H32N4O2/c1-19(21-12-8-3-4-9-13-21)25-24-26-22(16-23(30)27(24)2)18-28(14-15-29)17-20-10-6-5-7-11-20/h3-8,10-13,22-23,29-30H,1,9,14-18H2,2H3,(H,25,26)/t22-,23?/m1/s1. The highest BCUT2D eigenvalue weighted by molar-refractivity contribution is 5.83. The maximum absolute atomic E-state index is 10.6. The van der Waals surface area contributed by atoms with Crippen LogP contribution >= 0.6 is 0 Å². The Kier molecular flexibility index (Phi) is 8.02. The molecule has 1 aromatic carbocycles. The van der Waals surface area contributed by atoms with Gasteiger partial charge in [0.2, 0.25) is 5.96 Å². The summed E-state index contributed by atoms with van der Waals surface area (Å²) in [7, 11) is 1.83. The quantitative estimate of drug-likeness (QED) is 0.616. The van der Waals surface area contributed by atoms with Crippen molar-refractivity contribution in [1.29, 1.82) is 0 Å². The summed E-state index contributed by atoms with van der Waals surface area (Å²) in [6, 6.07) is 10.1. The number of aliphatic imine (C=N–C) groups is 1. The summed E-state index contributed by atoms with van der Waals surface area (Å²) < 4.78 is 0. The maximum atomic E-state index is 10.6. The number of rotatable bonds is 8. The van der Waals surface area contributed by atoms with Gasteiger partial charge in [0.15, 0.2) is 0 Å². The van der Waals surface area contributed by atoms with Gasteiger partial charge in [-0.2, -0.15) is 0 Å². The van der Waals surface area contributed by atoms with Crippen LogP contribution < -0.4 is 5.32 Å². The Bertz CT molecular complexity index is 829. The molecule has 0 saturated heterocycles. The van der Waals surface area contributed by atoms with Gasteiger partial charge in [-0.25, -0.2) is 4.99 Å². The van der Waals surface area contributed by atoms with E-state index in [1.165, 1.54) is 5.56 Å². The van der Waals surface area contributed by atoms with Gasteiger partial charge in [-0.1, -0.05) is 67.3 Å². The second-order valence-electron chi connectivity index (χ2n) is 7.66. The van der Waals surface area contributed by atoms with Gasteiger partial charge in [-0.15, -0.1) is 0 Å². The first-order chi connectivity index (χ1) is 14.6. The largest absolute Gasteiger partial charge is 0.395 e. The summed E-state index contributed by atoms with van der Waals surface area (Å²) in [5.41, 5.74) is 2.96. The number of allylic oxidation sites excluding steroid dienone is 5. The Balaban J connectivity index is 1.69. The van der Waals surface area contributed by atoms with Crippen molar-refractivity contribution >= 4 is 5.96 Å². The molecule has 6 heteroatoms. The first kappa shape index (κ1) is 22.0. The predicted octanol–water partition coefficient (Wildman–Crippen LogP) is 2.41. The molecule has 30 heavy (non-hydrogen) atoms. The highest BCUT2D eigenvalue weighted by atomic mass is 16.3. The zero-order chi connectivity index (χ0) is 21.3. The minimum atomic E-state index is -0.629.